The molecule has 4 heterocycles. The Morgan fingerprint density at radius 1 is 0.964 bits per heavy atom. The normalized spacial score (nSPS) is 17.1. The lowest BCUT2D eigenvalue weighted by atomic mass is 9.96. The molecule has 0 radical (unpaired) electrons. The predicted octanol–water partition coefficient (Wildman–Crippen LogP) is 4.26. The van der Waals surface area contributed by atoms with E-state index in [0.717, 1.165) is 25.2 Å². The average Bonchev–Trinajstić information content (AvgIpc) is 3.22. The molecule has 1 atom stereocenters. The van der Waals surface area contributed by atoms with E-state index in [1.54, 1.807) is 0 Å². The van der Waals surface area contributed by atoms with Crippen LogP contribution in [-0.4, -0.2) is 32.6 Å². The van der Waals surface area contributed by atoms with Gasteiger partial charge < -0.3 is 9.47 Å². The lowest BCUT2D eigenvalue weighted by Gasteiger charge is -2.35. The summed E-state index contributed by atoms with van der Waals surface area (Å²) in [4.78, 5) is 16.0. The molecule has 1 aliphatic rings. The maximum atomic E-state index is 4.73. The fourth-order valence-corrected chi connectivity index (χ4v) is 4.27. The molecule has 0 aliphatic carbocycles. The highest BCUT2D eigenvalue weighted by Crippen LogP contribution is 2.32. The van der Waals surface area contributed by atoms with Crippen molar-refractivity contribution in [3.8, 4) is 0 Å². The fourth-order valence-electron chi connectivity index (χ4n) is 4.27. The minimum atomic E-state index is 0.423. The molecule has 5 heteroatoms. The van der Waals surface area contributed by atoms with Crippen molar-refractivity contribution >= 4 is 16.6 Å². The van der Waals surface area contributed by atoms with Gasteiger partial charge in [0.05, 0.1) is 12.1 Å². The summed E-state index contributed by atoms with van der Waals surface area (Å²) in [5, 5.41) is 1.23. The molecule has 3 aromatic heterocycles. The van der Waals surface area contributed by atoms with Crippen LogP contribution in [0.25, 0.3) is 10.9 Å². The van der Waals surface area contributed by atoms with Crippen molar-refractivity contribution in [2.75, 3.05) is 18.0 Å². The molecular weight excluding hydrogens is 346 g/mol. The van der Waals surface area contributed by atoms with E-state index in [1.807, 2.05) is 36.9 Å². The van der Waals surface area contributed by atoms with Crippen molar-refractivity contribution in [3.63, 3.8) is 0 Å². The van der Waals surface area contributed by atoms with Crippen LogP contribution in [0.3, 0.4) is 0 Å². The first-order chi connectivity index (χ1) is 13.9. The van der Waals surface area contributed by atoms with Gasteiger partial charge in [0.25, 0.3) is 0 Å². The van der Waals surface area contributed by atoms with E-state index in [9.17, 15) is 0 Å². The van der Waals surface area contributed by atoms with E-state index in [2.05, 4.69) is 56.0 Å². The molecule has 0 spiro atoms. The molecule has 0 saturated carbocycles. The summed E-state index contributed by atoms with van der Waals surface area (Å²) in [6, 6.07) is 14.6. The van der Waals surface area contributed by atoms with E-state index < -0.39 is 0 Å². The lowest BCUT2D eigenvalue weighted by Crippen LogP contribution is -2.35. The van der Waals surface area contributed by atoms with Gasteiger partial charge in [-0.25, -0.2) is 4.98 Å². The number of anilines is 1. The van der Waals surface area contributed by atoms with Gasteiger partial charge >= 0.3 is 0 Å². The predicted molar refractivity (Wildman–Crippen MR) is 111 cm³/mol. The highest BCUT2D eigenvalue weighted by Gasteiger charge is 2.25. The second-order valence-electron chi connectivity index (χ2n) is 7.41. The third kappa shape index (κ3) is 3.24. The number of rotatable bonds is 4. The Morgan fingerprint density at radius 2 is 1.93 bits per heavy atom. The van der Waals surface area contributed by atoms with E-state index in [1.165, 1.54) is 35.3 Å². The van der Waals surface area contributed by atoms with Crippen molar-refractivity contribution < 1.29 is 0 Å². The zero-order valence-electron chi connectivity index (χ0n) is 15.8. The molecule has 4 aromatic rings. The molecular formula is C23H23N5. The maximum Gasteiger partial charge on any atom is 0.113 e. The van der Waals surface area contributed by atoms with Gasteiger partial charge in [-0.05, 0) is 36.6 Å². The van der Waals surface area contributed by atoms with Crippen LogP contribution in [0.4, 0.5) is 5.69 Å². The molecule has 28 heavy (non-hydrogen) atoms. The highest BCUT2D eigenvalue weighted by atomic mass is 15.2. The van der Waals surface area contributed by atoms with Gasteiger partial charge in [0, 0.05) is 61.1 Å². The number of benzene rings is 1. The third-order valence-corrected chi connectivity index (χ3v) is 5.58. The average molecular weight is 369 g/mol. The van der Waals surface area contributed by atoms with Crippen molar-refractivity contribution in [3.05, 3.63) is 84.8 Å². The molecule has 1 aliphatic heterocycles. The molecule has 1 saturated heterocycles. The quantitative estimate of drug-likeness (QED) is 0.539. The van der Waals surface area contributed by atoms with E-state index in [0.29, 0.717) is 5.92 Å². The maximum absolute atomic E-state index is 4.73. The van der Waals surface area contributed by atoms with Crippen LogP contribution in [0.15, 0.2) is 73.4 Å². The summed E-state index contributed by atoms with van der Waals surface area (Å²) < 4.78 is 2.27. The van der Waals surface area contributed by atoms with Crippen LogP contribution >= 0.6 is 0 Å². The summed E-state index contributed by atoms with van der Waals surface area (Å²) >= 11 is 0. The monoisotopic (exact) mass is 369 g/mol. The molecule has 1 fully saturated rings. The van der Waals surface area contributed by atoms with Gasteiger partial charge in [0.2, 0.25) is 0 Å². The Balaban J connectivity index is 1.42. The van der Waals surface area contributed by atoms with E-state index in [-0.39, 0.29) is 0 Å². The SMILES string of the molecule is c1cncc(Cn2ccnc2C2CCCN(c3ccnc4ccccc34)C2)c1. The third-order valence-electron chi connectivity index (χ3n) is 5.58. The number of imidazole rings is 1. The molecule has 0 N–H and O–H groups in total. The zero-order valence-corrected chi connectivity index (χ0v) is 15.8. The Labute approximate surface area is 164 Å². The van der Waals surface area contributed by atoms with Crippen molar-refractivity contribution in [2.45, 2.75) is 25.3 Å². The minimum Gasteiger partial charge on any atom is -0.370 e. The lowest BCUT2D eigenvalue weighted by molar-refractivity contribution is 0.477. The van der Waals surface area contributed by atoms with E-state index in [4.69, 9.17) is 4.98 Å². The number of hydrogen-bond acceptors (Lipinski definition) is 4. The van der Waals surface area contributed by atoms with Gasteiger partial charge in [-0.15, -0.1) is 0 Å². The van der Waals surface area contributed by atoms with E-state index >= 15 is 0 Å². The number of hydrogen-bond donors (Lipinski definition) is 0. The molecule has 1 aromatic carbocycles. The van der Waals surface area contributed by atoms with Gasteiger partial charge in [0.15, 0.2) is 0 Å². The van der Waals surface area contributed by atoms with Crippen LogP contribution in [0.1, 0.15) is 30.1 Å². The van der Waals surface area contributed by atoms with Crippen molar-refractivity contribution in [1.82, 2.24) is 19.5 Å². The highest BCUT2D eigenvalue weighted by molar-refractivity contribution is 5.91. The van der Waals surface area contributed by atoms with Gasteiger partial charge in [-0.1, -0.05) is 24.3 Å². The molecule has 140 valence electrons. The second-order valence-corrected chi connectivity index (χ2v) is 7.41. The Kier molecular flexibility index (Phi) is 4.49. The molecule has 0 amide bonds. The smallest absolute Gasteiger partial charge is 0.113 e. The summed E-state index contributed by atoms with van der Waals surface area (Å²) in [5.74, 6) is 1.60. The van der Waals surface area contributed by atoms with Crippen LogP contribution < -0.4 is 4.90 Å². The largest absolute Gasteiger partial charge is 0.370 e. The van der Waals surface area contributed by atoms with Crippen molar-refractivity contribution in [2.24, 2.45) is 0 Å². The van der Waals surface area contributed by atoms with Crippen LogP contribution in [-0.2, 0) is 6.54 Å². The van der Waals surface area contributed by atoms with Crippen molar-refractivity contribution in [1.29, 1.82) is 0 Å². The fraction of sp³-hybridized carbons (Fsp3) is 0.261. The van der Waals surface area contributed by atoms with Gasteiger partial charge in [-0.3, -0.25) is 9.97 Å². The summed E-state index contributed by atoms with van der Waals surface area (Å²) in [6.45, 7) is 2.88. The number of para-hydroxylation sites is 1. The Bertz CT molecular complexity index is 1070. The Morgan fingerprint density at radius 3 is 2.86 bits per heavy atom. The first-order valence-corrected chi connectivity index (χ1v) is 9.87. The summed E-state index contributed by atoms with van der Waals surface area (Å²) in [5.41, 5.74) is 3.54. The minimum absolute atomic E-state index is 0.423. The van der Waals surface area contributed by atoms with Crippen LogP contribution in [0.2, 0.25) is 0 Å². The molecule has 0 bridgehead atoms. The molecule has 5 nitrogen and oxygen atoms in total. The van der Waals surface area contributed by atoms with Gasteiger partial charge in [-0.2, -0.15) is 0 Å². The molecule has 5 rings (SSSR count). The summed E-state index contributed by atoms with van der Waals surface area (Å²) in [7, 11) is 0. The number of nitrogens with zero attached hydrogens (tertiary/aromatic N) is 5. The number of fused-ring (bicyclic) bond motifs is 1. The summed E-state index contributed by atoms with van der Waals surface area (Å²) in [6.07, 6.45) is 12.0. The Hall–Kier alpha value is -3.21. The van der Waals surface area contributed by atoms with Gasteiger partial charge in [0.1, 0.15) is 5.82 Å². The second kappa shape index (κ2) is 7.43. The standard InChI is InChI=1S/C23H23N5/c1-2-8-21-20(7-1)22(9-11-25-21)27-13-4-6-19(17-27)23-26-12-14-28(23)16-18-5-3-10-24-15-18/h1-3,5,7-12,14-15,19H,4,6,13,16-17H2. The van der Waals surface area contributed by atoms with Crippen LogP contribution in [0, 0.1) is 0 Å². The molecule has 1 unspecified atom stereocenters. The first kappa shape index (κ1) is 16.9. The zero-order chi connectivity index (χ0) is 18.8. The number of aromatic nitrogens is 4. The number of pyridine rings is 2. The first-order valence-electron chi connectivity index (χ1n) is 9.87. The topological polar surface area (TPSA) is 46.8 Å². The number of piperidine rings is 1. The van der Waals surface area contributed by atoms with Crippen LogP contribution in [0.5, 0.6) is 0 Å².